The van der Waals surface area contributed by atoms with Crippen LogP contribution in [0, 0.1) is 0 Å². The Morgan fingerprint density at radius 3 is 2.95 bits per heavy atom. The van der Waals surface area contributed by atoms with Crippen LogP contribution in [-0.4, -0.2) is 33.2 Å². The predicted molar refractivity (Wildman–Crippen MR) is 79.4 cm³/mol. The number of aromatic nitrogens is 2. The molecule has 5 nitrogen and oxygen atoms in total. The Kier molecular flexibility index (Phi) is 4.74. The highest BCUT2D eigenvalue weighted by Gasteiger charge is 2.20. The second kappa shape index (κ2) is 6.32. The van der Waals surface area contributed by atoms with E-state index in [0.29, 0.717) is 16.6 Å². The van der Waals surface area contributed by atoms with Crippen LogP contribution in [0.3, 0.4) is 0 Å². The van der Waals surface area contributed by atoms with Crippen molar-refractivity contribution in [2.24, 2.45) is 7.05 Å². The van der Waals surface area contributed by atoms with E-state index < -0.39 is 0 Å². The third-order valence-corrected chi connectivity index (χ3v) is 4.87. The molecule has 1 aromatic rings. The van der Waals surface area contributed by atoms with Crippen LogP contribution in [0.1, 0.15) is 42.4 Å². The van der Waals surface area contributed by atoms with Gasteiger partial charge < -0.3 is 11.1 Å². The van der Waals surface area contributed by atoms with Crippen molar-refractivity contribution in [3.8, 4) is 0 Å². The van der Waals surface area contributed by atoms with Crippen LogP contribution in [0.5, 0.6) is 0 Å². The monoisotopic (exact) mass is 282 g/mol. The number of anilines is 1. The van der Waals surface area contributed by atoms with Gasteiger partial charge in [0.1, 0.15) is 5.69 Å². The van der Waals surface area contributed by atoms with Crippen LogP contribution in [0.2, 0.25) is 0 Å². The van der Waals surface area contributed by atoms with Gasteiger partial charge in [0.05, 0.1) is 11.4 Å². The summed E-state index contributed by atoms with van der Waals surface area (Å²) in [5, 5.41) is 7.80. The van der Waals surface area contributed by atoms with E-state index in [1.807, 2.05) is 18.7 Å². The van der Waals surface area contributed by atoms with E-state index in [-0.39, 0.29) is 5.91 Å². The lowest BCUT2D eigenvalue weighted by Crippen LogP contribution is -2.33. The number of rotatable bonds is 4. The fourth-order valence-electron chi connectivity index (χ4n) is 2.39. The highest BCUT2D eigenvalue weighted by atomic mass is 32.2. The average Bonchev–Trinajstić information content (AvgIpc) is 2.72. The molecule has 2 heterocycles. The molecular weight excluding hydrogens is 260 g/mol. The van der Waals surface area contributed by atoms with Crippen LogP contribution in [0.25, 0.3) is 0 Å². The van der Waals surface area contributed by atoms with Crippen molar-refractivity contribution < 1.29 is 4.79 Å². The molecule has 0 bridgehead atoms. The molecule has 1 aliphatic rings. The van der Waals surface area contributed by atoms with E-state index in [9.17, 15) is 4.79 Å². The van der Waals surface area contributed by atoms with E-state index in [0.717, 1.165) is 18.7 Å². The molecule has 3 N–H and O–H groups in total. The third-order valence-electron chi connectivity index (χ3n) is 3.47. The lowest BCUT2D eigenvalue weighted by molar-refractivity contribution is 0.0945. The molecule has 6 heteroatoms. The number of nitrogen functional groups attached to an aromatic ring is 1. The summed E-state index contributed by atoms with van der Waals surface area (Å²) in [4.78, 5) is 12.2. The molecule has 0 spiro atoms. The summed E-state index contributed by atoms with van der Waals surface area (Å²) < 4.78 is 1.58. The number of nitrogens with one attached hydrogen (secondary N) is 1. The number of thioether (sulfide) groups is 1. The topological polar surface area (TPSA) is 72.9 Å². The molecule has 1 unspecified atom stereocenters. The van der Waals surface area contributed by atoms with Gasteiger partial charge >= 0.3 is 0 Å². The van der Waals surface area contributed by atoms with E-state index in [1.165, 1.54) is 25.0 Å². The molecule has 0 aliphatic carbocycles. The minimum Gasteiger partial charge on any atom is -0.395 e. The van der Waals surface area contributed by atoms with Gasteiger partial charge in [-0.25, -0.2) is 0 Å². The Balaban J connectivity index is 1.97. The number of carbonyl (C=O) groups is 1. The zero-order valence-electron chi connectivity index (χ0n) is 11.6. The van der Waals surface area contributed by atoms with Gasteiger partial charge in [0.15, 0.2) is 0 Å². The van der Waals surface area contributed by atoms with Gasteiger partial charge in [0.2, 0.25) is 0 Å². The SMILES string of the molecule is CCc1nn(C)c(C(=O)NCC2CCCCS2)c1N. The van der Waals surface area contributed by atoms with Crippen LogP contribution < -0.4 is 11.1 Å². The van der Waals surface area contributed by atoms with Crippen molar-refractivity contribution in [1.82, 2.24) is 15.1 Å². The van der Waals surface area contributed by atoms with Gasteiger partial charge in [-0.05, 0) is 25.0 Å². The minimum absolute atomic E-state index is 0.113. The zero-order chi connectivity index (χ0) is 13.8. The first-order valence-electron chi connectivity index (χ1n) is 6.84. The molecule has 1 aliphatic heterocycles. The molecule has 2 rings (SSSR count). The maximum absolute atomic E-state index is 12.2. The molecule has 1 aromatic heterocycles. The summed E-state index contributed by atoms with van der Waals surface area (Å²) in [5.41, 5.74) is 7.76. The maximum atomic E-state index is 12.2. The smallest absolute Gasteiger partial charge is 0.271 e. The minimum atomic E-state index is -0.113. The summed E-state index contributed by atoms with van der Waals surface area (Å²) in [7, 11) is 1.76. The average molecular weight is 282 g/mol. The van der Waals surface area contributed by atoms with Crippen molar-refractivity contribution in [1.29, 1.82) is 0 Å². The van der Waals surface area contributed by atoms with E-state index in [2.05, 4.69) is 10.4 Å². The van der Waals surface area contributed by atoms with Crippen molar-refractivity contribution >= 4 is 23.4 Å². The van der Waals surface area contributed by atoms with Gasteiger partial charge in [0.25, 0.3) is 5.91 Å². The standard InChI is InChI=1S/C13H22N4OS/c1-3-10-11(14)12(17(2)16-10)13(18)15-8-9-6-4-5-7-19-9/h9H,3-8,14H2,1-2H3,(H,15,18). The Morgan fingerprint density at radius 2 is 2.37 bits per heavy atom. The molecule has 1 saturated heterocycles. The van der Waals surface area contributed by atoms with Gasteiger partial charge in [-0.15, -0.1) is 0 Å². The van der Waals surface area contributed by atoms with Crippen molar-refractivity contribution in [2.75, 3.05) is 18.0 Å². The van der Waals surface area contributed by atoms with Crippen molar-refractivity contribution in [3.05, 3.63) is 11.4 Å². The van der Waals surface area contributed by atoms with Gasteiger partial charge in [0, 0.05) is 18.8 Å². The number of nitrogens with two attached hydrogens (primary N) is 1. The maximum Gasteiger partial charge on any atom is 0.271 e. The first-order valence-corrected chi connectivity index (χ1v) is 7.89. The lowest BCUT2D eigenvalue weighted by atomic mass is 10.2. The number of carbonyl (C=O) groups excluding carboxylic acids is 1. The normalized spacial score (nSPS) is 19.4. The summed E-state index contributed by atoms with van der Waals surface area (Å²) in [6.45, 7) is 2.70. The quantitative estimate of drug-likeness (QED) is 0.879. The zero-order valence-corrected chi connectivity index (χ0v) is 12.4. The fourth-order valence-corrected chi connectivity index (χ4v) is 3.62. The van der Waals surface area contributed by atoms with Crippen LogP contribution >= 0.6 is 11.8 Å². The Morgan fingerprint density at radius 1 is 1.58 bits per heavy atom. The Labute approximate surface area is 118 Å². The number of amides is 1. The number of hydrogen-bond donors (Lipinski definition) is 2. The molecule has 1 atom stereocenters. The van der Waals surface area contributed by atoms with Crippen LogP contribution in [0.15, 0.2) is 0 Å². The first kappa shape index (κ1) is 14.2. The Hall–Kier alpha value is -1.17. The molecule has 19 heavy (non-hydrogen) atoms. The molecule has 0 saturated carbocycles. The number of hydrogen-bond acceptors (Lipinski definition) is 4. The van der Waals surface area contributed by atoms with Crippen LogP contribution in [-0.2, 0) is 13.5 Å². The molecular formula is C13H22N4OS. The first-order chi connectivity index (χ1) is 9.13. The second-order valence-corrected chi connectivity index (χ2v) is 6.29. The van der Waals surface area contributed by atoms with Crippen molar-refractivity contribution in [3.63, 3.8) is 0 Å². The highest BCUT2D eigenvalue weighted by Crippen LogP contribution is 2.24. The fraction of sp³-hybridized carbons (Fsp3) is 0.692. The van der Waals surface area contributed by atoms with Crippen LogP contribution in [0.4, 0.5) is 5.69 Å². The summed E-state index contributed by atoms with van der Waals surface area (Å²) in [6.07, 6.45) is 4.49. The summed E-state index contributed by atoms with van der Waals surface area (Å²) in [5.74, 6) is 1.09. The van der Waals surface area contributed by atoms with E-state index >= 15 is 0 Å². The van der Waals surface area contributed by atoms with Gasteiger partial charge in [-0.2, -0.15) is 16.9 Å². The van der Waals surface area contributed by atoms with Crippen molar-refractivity contribution in [2.45, 2.75) is 37.9 Å². The van der Waals surface area contributed by atoms with Gasteiger partial charge in [-0.1, -0.05) is 13.3 Å². The molecule has 1 amide bonds. The predicted octanol–water partition coefficient (Wildman–Crippen LogP) is 1.58. The molecule has 1 fully saturated rings. The molecule has 0 radical (unpaired) electrons. The summed E-state index contributed by atoms with van der Waals surface area (Å²) in [6, 6.07) is 0. The number of aryl methyl sites for hydroxylation is 2. The molecule has 0 aromatic carbocycles. The lowest BCUT2D eigenvalue weighted by Gasteiger charge is -2.21. The second-order valence-electron chi connectivity index (χ2n) is 4.88. The van der Waals surface area contributed by atoms with Gasteiger partial charge in [-0.3, -0.25) is 9.48 Å². The van der Waals surface area contributed by atoms with E-state index in [4.69, 9.17) is 5.73 Å². The largest absolute Gasteiger partial charge is 0.395 e. The summed E-state index contributed by atoms with van der Waals surface area (Å²) >= 11 is 1.95. The number of nitrogens with zero attached hydrogens (tertiary/aromatic N) is 2. The Bertz CT molecular complexity index is 452. The third kappa shape index (κ3) is 3.23. The molecule has 106 valence electrons. The van der Waals surface area contributed by atoms with E-state index in [1.54, 1.807) is 11.7 Å². The highest BCUT2D eigenvalue weighted by molar-refractivity contribution is 7.99.